The van der Waals surface area contributed by atoms with Crippen LogP contribution in [0.4, 0.5) is 0 Å². The number of ether oxygens (including phenoxy) is 2. The van der Waals surface area contributed by atoms with Crippen molar-refractivity contribution < 1.29 is 19.1 Å². The van der Waals surface area contributed by atoms with Gasteiger partial charge in [-0.25, -0.2) is 0 Å². The molecule has 0 aliphatic rings. The van der Waals surface area contributed by atoms with Crippen LogP contribution in [0.25, 0.3) is 0 Å². The van der Waals surface area contributed by atoms with E-state index in [0.717, 1.165) is 26.2 Å². The summed E-state index contributed by atoms with van der Waals surface area (Å²) >= 11 is 0. The first-order valence-electron chi connectivity index (χ1n) is 12.7. The number of nitrogens with zero attached hydrogens (tertiary/aromatic N) is 2. The quantitative estimate of drug-likeness (QED) is 0.190. The molecular formula is C28H49ClN2O4. The van der Waals surface area contributed by atoms with Crippen LogP contribution in [0.15, 0.2) is 48.6 Å². The van der Waals surface area contributed by atoms with Crippen molar-refractivity contribution in [3.63, 3.8) is 0 Å². The molecule has 0 aliphatic carbocycles. The molecule has 0 unspecified atom stereocenters. The van der Waals surface area contributed by atoms with E-state index in [4.69, 9.17) is 9.47 Å². The second-order valence-corrected chi connectivity index (χ2v) is 8.06. The van der Waals surface area contributed by atoms with E-state index in [0.29, 0.717) is 13.1 Å². The molecule has 6 nitrogen and oxygen atoms in total. The van der Waals surface area contributed by atoms with Gasteiger partial charge in [-0.1, -0.05) is 76.3 Å². The highest BCUT2D eigenvalue weighted by molar-refractivity contribution is 5.95. The Morgan fingerprint density at radius 2 is 0.857 bits per heavy atom. The van der Waals surface area contributed by atoms with Crippen LogP contribution in [-0.2, 0) is 19.1 Å². The van der Waals surface area contributed by atoms with Crippen LogP contribution in [0.2, 0.25) is 0 Å². The fourth-order valence-corrected chi connectivity index (χ4v) is 4.18. The lowest BCUT2D eigenvalue weighted by Gasteiger charge is -2.40. The molecule has 0 aromatic rings. The van der Waals surface area contributed by atoms with Gasteiger partial charge in [0.1, 0.15) is 24.0 Å². The minimum atomic E-state index is -1.38. The monoisotopic (exact) mass is 512 g/mol. The Kier molecular flexibility index (Phi) is 19.5. The van der Waals surface area contributed by atoms with Crippen molar-refractivity contribution in [2.24, 2.45) is 10.8 Å². The average Bonchev–Trinajstić information content (AvgIpc) is 2.83. The Labute approximate surface area is 220 Å². The molecule has 0 heterocycles. The average molecular weight is 513 g/mol. The van der Waals surface area contributed by atoms with E-state index in [9.17, 15) is 9.59 Å². The normalized spacial score (nSPS) is 13.0. The second kappa shape index (κ2) is 19.3. The molecule has 202 valence electrons. The first-order valence-corrected chi connectivity index (χ1v) is 12.7. The standard InChI is InChI=1S/C28H48N2O4.ClH/c1-9-17-27(18-10-2,25(31)33-23-21-29(13-5)14-6)28(19-11-3,20-12-4)26(32)34-24-22-30(15-7)16-8;/h9-12,17-20H,13-16,21-24H2,1-8H3;1H/b17-9+,18-10+,19-11+,20-12+;. The predicted molar refractivity (Wildman–Crippen MR) is 149 cm³/mol. The van der Waals surface area contributed by atoms with Crippen LogP contribution in [0, 0.1) is 10.8 Å². The van der Waals surface area contributed by atoms with Crippen LogP contribution < -0.4 is 0 Å². The summed E-state index contributed by atoms with van der Waals surface area (Å²) in [4.78, 5) is 31.9. The maximum Gasteiger partial charge on any atom is 0.321 e. The van der Waals surface area contributed by atoms with Crippen molar-refractivity contribution in [2.75, 3.05) is 52.5 Å². The third kappa shape index (κ3) is 9.59. The Morgan fingerprint density at radius 1 is 0.600 bits per heavy atom. The summed E-state index contributed by atoms with van der Waals surface area (Å²) in [6, 6.07) is 0. The summed E-state index contributed by atoms with van der Waals surface area (Å²) in [5, 5.41) is 0. The largest absolute Gasteiger partial charge is 0.463 e. The predicted octanol–water partition coefficient (Wildman–Crippen LogP) is 5.46. The van der Waals surface area contributed by atoms with E-state index in [1.165, 1.54) is 0 Å². The third-order valence-electron chi connectivity index (χ3n) is 6.15. The molecule has 0 rings (SSSR count). The topological polar surface area (TPSA) is 59.1 Å². The zero-order valence-electron chi connectivity index (χ0n) is 23.2. The molecule has 0 amide bonds. The molecule has 0 N–H and O–H groups in total. The fourth-order valence-electron chi connectivity index (χ4n) is 4.18. The van der Waals surface area contributed by atoms with E-state index < -0.39 is 22.8 Å². The first kappa shape index (κ1) is 35.3. The molecule has 0 atom stereocenters. The van der Waals surface area contributed by atoms with Gasteiger partial charge >= 0.3 is 11.9 Å². The van der Waals surface area contributed by atoms with Gasteiger partial charge in [0.2, 0.25) is 0 Å². The van der Waals surface area contributed by atoms with E-state index in [1.807, 2.05) is 27.7 Å². The number of rotatable bonds is 17. The summed E-state index contributed by atoms with van der Waals surface area (Å²) in [5.41, 5.74) is -2.77. The first-order chi connectivity index (χ1) is 16.3. The van der Waals surface area contributed by atoms with Crippen molar-refractivity contribution in [3.8, 4) is 0 Å². The lowest BCUT2D eigenvalue weighted by atomic mass is 9.61. The smallest absolute Gasteiger partial charge is 0.321 e. The maximum absolute atomic E-state index is 13.8. The van der Waals surface area contributed by atoms with Gasteiger partial charge in [0.15, 0.2) is 0 Å². The summed E-state index contributed by atoms with van der Waals surface area (Å²) in [7, 11) is 0. The molecule has 0 spiro atoms. The molecule has 35 heavy (non-hydrogen) atoms. The third-order valence-corrected chi connectivity index (χ3v) is 6.15. The van der Waals surface area contributed by atoms with Gasteiger partial charge in [0.05, 0.1) is 0 Å². The van der Waals surface area contributed by atoms with Gasteiger partial charge in [-0.15, -0.1) is 12.4 Å². The fraction of sp³-hybridized carbons (Fsp3) is 0.643. The molecule has 0 radical (unpaired) electrons. The molecular weight excluding hydrogens is 464 g/mol. The number of likely N-dealkylation sites (N-methyl/N-ethyl adjacent to an activating group) is 2. The van der Waals surface area contributed by atoms with Crippen LogP contribution in [-0.4, -0.2) is 74.2 Å². The minimum absolute atomic E-state index is 0. The SMILES string of the molecule is C/C=C/C(/C=C/C)(C(=O)OCCN(CC)CC)C(/C=C/C)(/C=C/C)C(=O)OCCN(CC)CC.Cl. The Balaban J connectivity index is 0. The van der Waals surface area contributed by atoms with Crippen molar-refractivity contribution in [3.05, 3.63) is 48.6 Å². The molecule has 0 saturated heterocycles. The van der Waals surface area contributed by atoms with Gasteiger partial charge < -0.3 is 19.3 Å². The van der Waals surface area contributed by atoms with Gasteiger partial charge in [0.25, 0.3) is 0 Å². The molecule has 0 bridgehead atoms. The van der Waals surface area contributed by atoms with Crippen LogP contribution in [0.1, 0.15) is 55.4 Å². The van der Waals surface area contributed by atoms with Crippen LogP contribution >= 0.6 is 12.4 Å². The van der Waals surface area contributed by atoms with Gasteiger partial charge in [-0.2, -0.15) is 0 Å². The van der Waals surface area contributed by atoms with E-state index >= 15 is 0 Å². The Bertz CT molecular complexity index is 624. The van der Waals surface area contributed by atoms with Gasteiger partial charge in [0, 0.05) is 13.1 Å². The number of carbonyl (C=O) groups excluding carboxylic acids is 2. The van der Waals surface area contributed by atoms with Crippen molar-refractivity contribution in [2.45, 2.75) is 55.4 Å². The molecule has 0 aliphatic heterocycles. The van der Waals surface area contributed by atoms with Crippen molar-refractivity contribution in [1.82, 2.24) is 9.80 Å². The summed E-state index contributed by atoms with van der Waals surface area (Å²) in [6.07, 6.45) is 14.1. The van der Waals surface area contributed by atoms with E-state index in [-0.39, 0.29) is 25.6 Å². The summed E-state index contributed by atoms with van der Waals surface area (Å²) < 4.78 is 11.6. The van der Waals surface area contributed by atoms with Crippen LogP contribution in [0.5, 0.6) is 0 Å². The highest BCUT2D eigenvalue weighted by Gasteiger charge is 2.57. The second-order valence-electron chi connectivity index (χ2n) is 8.06. The zero-order chi connectivity index (χ0) is 26.0. The lowest BCUT2D eigenvalue weighted by molar-refractivity contribution is -0.166. The molecule has 7 heteroatoms. The van der Waals surface area contributed by atoms with Gasteiger partial charge in [-0.05, 0) is 53.9 Å². The highest BCUT2D eigenvalue weighted by Crippen LogP contribution is 2.47. The maximum atomic E-state index is 13.8. The van der Waals surface area contributed by atoms with E-state index in [1.54, 1.807) is 48.6 Å². The van der Waals surface area contributed by atoms with Crippen molar-refractivity contribution in [1.29, 1.82) is 0 Å². The highest BCUT2D eigenvalue weighted by atomic mass is 35.5. The number of carbonyl (C=O) groups is 2. The van der Waals surface area contributed by atoms with Gasteiger partial charge in [-0.3, -0.25) is 9.59 Å². The number of esters is 2. The van der Waals surface area contributed by atoms with E-state index in [2.05, 4.69) is 37.5 Å². The van der Waals surface area contributed by atoms with Crippen molar-refractivity contribution >= 4 is 24.3 Å². The molecule has 0 aromatic heterocycles. The number of hydrogen-bond acceptors (Lipinski definition) is 6. The Morgan fingerprint density at radius 3 is 1.06 bits per heavy atom. The number of halogens is 1. The zero-order valence-corrected chi connectivity index (χ0v) is 24.0. The summed E-state index contributed by atoms with van der Waals surface area (Å²) in [6.45, 7) is 20.9. The number of allylic oxidation sites excluding steroid dienone is 4. The number of hydrogen-bond donors (Lipinski definition) is 0. The Hall–Kier alpha value is -1.89. The van der Waals surface area contributed by atoms with Crippen LogP contribution in [0.3, 0.4) is 0 Å². The lowest BCUT2D eigenvalue weighted by Crippen LogP contribution is -2.50. The molecule has 0 aromatic carbocycles. The minimum Gasteiger partial charge on any atom is -0.463 e. The molecule has 0 fully saturated rings. The molecule has 0 saturated carbocycles. The summed E-state index contributed by atoms with van der Waals surface area (Å²) in [5.74, 6) is -0.958.